The summed E-state index contributed by atoms with van der Waals surface area (Å²) in [7, 11) is 0. The predicted molar refractivity (Wildman–Crippen MR) is 82.0 cm³/mol. The minimum Gasteiger partial charge on any atom is -0.387 e. The Hall–Kier alpha value is -1.19. The van der Waals surface area contributed by atoms with Gasteiger partial charge in [0.05, 0.1) is 12.2 Å². The molecule has 0 aromatic heterocycles. The fourth-order valence-electron chi connectivity index (χ4n) is 2.76. The van der Waals surface area contributed by atoms with Crippen LogP contribution in [0.4, 0.5) is 4.39 Å². The van der Waals surface area contributed by atoms with Crippen molar-refractivity contribution in [3.05, 3.63) is 34.6 Å². The summed E-state index contributed by atoms with van der Waals surface area (Å²) < 4.78 is 19.3. The molecule has 1 fully saturated rings. The van der Waals surface area contributed by atoms with Crippen LogP contribution in [0.25, 0.3) is 0 Å². The highest BCUT2D eigenvalue weighted by Crippen LogP contribution is 2.24. The van der Waals surface area contributed by atoms with Crippen molar-refractivity contribution >= 4 is 11.6 Å². The molecule has 120 valence electrons. The van der Waals surface area contributed by atoms with E-state index in [2.05, 4.69) is 11.0 Å². The predicted octanol–water partition coefficient (Wildman–Crippen LogP) is 2.91. The fourth-order valence-corrected chi connectivity index (χ4v) is 2.92. The van der Waals surface area contributed by atoms with Gasteiger partial charge in [-0.2, -0.15) is 5.26 Å². The van der Waals surface area contributed by atoms with Crippen LogP contribution in [-0.4, -0.2) is 42.4 Å². The SMILES string of the molecule is N#CCCN(C[C@@H](O)c1ccc(Cl)cc1F)C1CCOCC1. The zero-order valence-electron chi connectivity index (χ0n) is 12.3. The summed E-state index contributed by atoms with van der Waals surface area (Å²) in [4.78, 5) is 2.06. The van der Waals surface area contributed by atoms with E-state index >= 15 is 0 Å². The highest BCUT2D eigenvalue weighted by atomic mass is 35.5. The number of benzene rings is 1. The van der Waals surface area contributed by atoms with Crippen LogP contribution in [0.1, 0.15) is 30.9 Å². The van der Waals surface area contributed by atoms with E-state index in [9.17, 15) is 9.50 Å². The fraction of sp³-hybridized carbons (Fsp3) is 0.562. The minimum atomic E-state index is -0.946. The number of nitrogens with zero attached hydrogens (tertiary/aromatic N) is 2. The van der Waals surface area contributed by atoms with Gasteiger partial charge in [-0.3, -0.25) is 4.90 Å². The molecule has 0 amide bonds. The van der Waals surface area contributed by atoms with E-state index in [4.69, 9.17) is 21.6 Å². The lowest BCUT2D eigenvalue weighted by Gasteiger charge is -2.35. The normalized spacial score (nSPS) is 17.4. The van der Waals surface area contributed by atoms with Gasteiger partial charge in [0.2, 0.25) is 0 Å². The maximum absolute atomic E-state index is 13.9. The van der Waals surface area contributed by atoms with Gasteiger partial charge < -0.3 is 9.84 Å². The van der Waals surface area contributed by atoms with E-state index in [1.807, 2.05) is 0 Å². The molecule has 6 heteroatoms. The molecule has 0 bridgehead atoms. The quantitative estimate of drug-likeness (QED) is 0.873. The molecule has 1 aromatic carbocycles. The van der Waals surface area contributed by atoms with Crippen LogP contribution in [0.3, 0.4) is 0 Å². The van der Waals surface area contributed by atoms with Gasteiger partial charge in [0.25, 0.3) is 0 Å². The third-order valence-corrected chi connectivity index (χ3v) is 4.18. The van der Waals surface area contributed by atoms with Gasteiger partial charge in [-0.1, -0.05) is 17.7 Å². The zero-order valence-corrected chi connectivity index (χ0v) is 13.1. The maximum Gasteiger partial charge on any atom is 0.130 e. The molecule has 1 saturated heterocycles. The van der Waals surface area contributed by atoms with Gasteiger partial charge in [-0.05, 0) is 25.0 Å². The molecule has 0 unspecified atom stereocenters. The number of rotatable bonds is 6. The summed E-state index contributed by atoms with van der Waals surface area (Å²) in [5.74, 6) is -0.507. The molecule has 4 nitrogen and oxygen atoms in total. The monoisotopic (exact) mass is 326 g/mol. The first kappa shape index (κ1) is 17.2. The molecule has 22 heavy (non-hydrogen) atoms. The van der Waals surface area contributed by atoms with Crippen molar-refractivity contribution in [1.82, 2.24) is 4.90 Å². The summed E-state index contributed by atoms with van der Waals surface area (Å²) in [5, 5.41) is 19.5. The number of aliphatic hydroxyl groups is 1. The molecule has 0 aliphatic carbocycles. The van der Waals surface area contributed by atoms with Gasteiger partial charge in [-0.15, -0.1) is 0 Å². The highest BCUT2D eigenvalue weighted by Gasteiger charge is 2.25. The number of halogens is 2. The molecule has 1 aliphatic rings. The Bertz CT molecular complexity index is 529. The second-order valence-electron chi connectivity index (χ2n) is 5.43. The first-order valence-corrected chi connectivity index (χ1v) is 7.81. The number of hydrogen-bond donors (Lipinski definition) is 1. The van der Waals surface area contributed by atoms with E-state index in [1.165, 1.54) is 12.1 Å². The van der Waals surface area contributed by atoms with E-state index in [0.717, 1.165) is 12.8 Å². The average molecular weight is 327 g/mol. The number of nitriles is 1. The molecule has 1 aliphatic heterocycles. The van der Waals surface area contributed by atoms with E-state index < -0.39 is 11.9 Å². The van der Waals surface area contributed by atoms with Crippen LogP contribution in [0.5, 0.6) is 0 Å². The number of hydrogen-bond acceptors (Lipinski definition) is 4. The summed E-state index contributed by atoms with van der Waals surface area (Å²) in [6, 6.07) is 6.66. The smallest absolute Gasteiger partial charge is 0.130 e. The van der Waals surface area contributed by atoms with Crippen LogP contribution >= 0.6 is 11.6 Å². The van der Waals surface area contributed by atoms with Crippen molar-refractivity contribution in [2.45, 2.75) is 31.4 Å². The van der Waals surface area contributed by atoms with E-state index in [-0.39, 0.29) is 11.6 Å². The largest absolute Gasteiger partial charge is 0.387 e. The summed E-state index contributed by atoms with van der Waals surface area (Å²) in [6.45, 7) is 2.22. The summed E-state index contributed by atoms with van der Waals surface area (Å²) in [6.07, 6.45) is 1.16. The number of aliphatic hydroxyl groups excluding tert-OH is 1. The molecule has 0 saturated carbocycles. The standard InChI is InChI=1S/C16H20ClFN2O2/c17-12-2-3-14(15(18)10-12)16(21)11-20(7-1-6-19)13-4-8-22-9-5-13/h2-3,10,13,16,21H,1,4-5,7-9,11H2/t16-/m1/s1. The van der Waals surface area contributed by atoms with Gasteiger partial charge in [0.1, 0.15) is 5.82 Å². The van der Waals surface area contributed by atoms with E-state index in [1.54, 1.807) is 6.07 Å². The van der Waals surface area contributed by atoms with Crippen molar-refractivity contribution in [2.24, 2.45) is 0 Å². The minimum absolute atomic E-state index is 0.235. The molecule has 1 heterocycles. The Morgan fingerprint density at radius 1 is 1.45 bits per heavy atom. The van der Waals surface area contributed by atoms with Crippen LogP contribution < -0.4 is 0 Å². The Kier molecular flexibility index (Phi) is 6.59. The van der Waals surface area contributed by atoms with Gasteiger partial charge >= 0.3 is 0 Å². The Balaban J connectivity index is 2.06. The van der Waals surface area contributed by atoms with Gasteiger partial charge in [-0.25, -0.2) is 4.39 Å². The van der Waals surface area contributed by atoms with Crippen molar-refractivity contribution < 1.29 is 14.2 Å². The highest BCUT2D eigenvalue weighted by molar-refractivity contribution is 6.30. The maximum atomic E-state index is 13.9. The Morgan fingerprint density at radius 2 is 2.18 bits per heavy atom. The van der Waals surface area contributed by atoms with Crippen LogP contribution in [0.2, 0.25) is 5.02 Å². The van der Waals surface area contributed by atoms with Crippen LogP contribution in [-0.2, 0) is 4.74 Å². The first-order chi connectivity index (χ1) is 10.6. The van der Waals surface area contributed by atoms with Crippen molar-refractivity contribution in [1.29, 1.82) is 5.26 Å². The zero-order chi connectivity index (χ0) is 15.9. The number of ether oxygens (including phenoxy) is 1. The molecule has 0 spiro atoms. The molecule has 1 aromatic rings. The summed E-state index contributed by atoms with van der Waals surface area (Å²) in [5.41, 5.74) is 0.235. The molecule has 1 N–H and O–H groups in total. The lowest BCUT2D eigenvalue weighted by atomic mass is 10.0. The Morgan fingerprint density at radius 3 is 2.82 bits per heavy atom. The van der Waals surface area contributed by atoms with Crippen molar-refractivity contribution in [2.75, 3.05) is 26.3 Å². The second kappa shape index (κ2) is 8.44. The topological polar surface area (TPSA) is 56.5 Å². The van der Waals surface area contributed by atoms with Crippen LogP contribution in [0.15, 0.2) is 18.2 Å². The molecule has 0 radical (unpaired) electrons. The second-order valence-corrected chi connectivity index (χ2v) is 5.86. The van der Waals surface area contributed by atoms with Gasteiger partial charge in [0.15, 0.2) is 0 Å². The van der Waals surface area contributed by atoms with Crippen molar-refractivity contribution in [3.8, 4) is 6.07 Å². The summed E-state index contributed by atoms with van der Waals surface area (Å²) >= 11 is 5.74. The van der Waals surface area contributed by atoms with E-state index in [0.29, 0.717) is 37.7 Å². The third kappa shape index (κ3) is 4.65. The molecular formula is C16H20ClFN2O2. The Labute approximate surface area is 135 Å². The van der Waals surface area contributed by atoms with Crippen LogP contribution in [0, 0.1) is 17.1 Å². The first-order valence-electron chi connectivity index (χ1n) is 7.43. The third-order valence-electron chi connectivity index (χ3n) is 3.95. The molecular weight excluding hydrogens is 307 g/mol. The molecule has 1 atom stereocenters. The molecule has 2 rings (SSSR count). The van der Waals surface area contributed by atoms with Crippen molar-refractivity contribution in [3.63, 3.8) is 0 Å². The lowest BCUT2D eigenvalue weighted by molar-refractivity contribution is 0.0144. The lowest BCUT2D eigenvalue weighted by Crippen LogP contribution is -2.42. The van der Waals surface area contributed by atoms with Gasteiger partial charge in [0, 0.05) is 49.4 Å². The average Bonchev–Trinajstić information content (AvgIpc) is 2.52.